The summed E-state index contributed by atoms with van der Waals surface area (Å²) in [6.45, 7) is 7.65. The Bertz CT molecular complexity index is 2420. The first-order valence-electron chi connectivity index (χ1n) is 27.5. The van der Waals surface area contributed by atoms with E-state index in [4.69, 9.17) is 32.4 Å². The molecule has 3 rings (SSSR count). The highest BCUT2D eigenvalue weighted by Crippen LogP contribution is 2.16. The van der Waals surface area contributed by atoms with E-state index in [1.807, 2.05) is 0 Å². The second-order valence-corrected chi connectivity index (χ2v) is 20.0. The van der Waals surface area contributed by atoms with Crippen molar-refractivity contribution in [2.75, 3.05) is 76.1 Å². The lowest BCUT2D eigenvalue weighted by atomic mass is 10.0. The van der Waals surface area contributed by atoms with Gasteiger partial charge in [-0.3, -0.25) is 43.3 Å². The Hall–Kier alpha value is -8.90. The van der Waals surface area contributed by atoms with Crippen LogP contribution in [0.2, 0.25) is 0 Å². The molecule has 0 spiro atoms. The second-order valence-electron chi connectivity index (χ2n) is 20.0. The Morgan fingerprint density at radius 1 is 0.512 bits per heavy atom. The maximum Gasteiger partial charge on any atom is 0.407 e. The molecule has 0 radical (unpaired) electrons. The summed E-state index contributed by atoms with van der Waals surface area (Å²) in [6, 6.07) is 6.64. The quantitative estimate of drug-likeness (QED) is 0.0279. The summed E-state index contributed by atoms with van der Waals surface area (Å²) in [4.78, 5) is 157. The fraction of sp³-hybridized carbons (Fsp3) is 0.519. The maximum absolute atomic E-state index is 13.9. The Kier molecular flexibility index (Phi) is 30.8. The largest absolute Gasteiger partial charge is 0.445 e. The van der Waals surface area contributed by atoms with E-state index in [0.29, 0.717) is 22.5 Å². The van der Waals surface area contributed by atoms with Crippen molar-refractivity contribution >= 4 is 82.9 Å². The molecular weight excluding hydrogens is 1100 g/mol. The smallest absolute Gasteiger partial charge is 0.407 e. The van der Waals surface area contributed by atoms with Crippen molar-refractivity contribution in [3.63, 3.8) is 0 Å². The van der Waals surface area contributed by atoms with Gasteiger partial charge in [0.15, 0.2) is 0 Å². The van der Waals surface area contributed by atoms with Gasteiger partial charge in [0, 0.05) is 102 Å². The Labute approximate surface area is 487 Å². The minimum absolute atomic E-state index is 0.0243. The number of benzene rings is 2. The number of urea groups is 2. The molecule has 0 bridgehead atoms. The molecule has 1 aliphatic heterocycles. The standard InChI is InChI=1S/C54H82N16O14/c1-33(2)45(49(77)65-39(7-5-23-59-51(57)79)47(75)63-37-13-9-35(10-14-37)31-83-53(81)61-25-21-55)67-41(71)19-27-69(29-30-70-43(73)17-18-44(70)74)28-20-42(72)68-46(34(3)4)50(78)66-40(8-6-24-60-52(58)80)48(76)64-38-15-11-36(12-16-38)32-84-54(82)62-26-22-56/h9-18,33-34,39-40,45-46H,5-8,19-32,55-56H2,1-4H3,(H,61,81)(H,62,82)(H,63,75)(H,64,76)(H,65,77)(H,66,78)(H,67,71)(H,68,72)(H3,57,59,79)(H3,58,60,80)/t39-,40-,45-,46-/m0/s1. The second kappa shape index (κ2) is 37.3. The van der Waals surface area contributed by atoms with Crippen LogP contribution in [-0.2, 0) is 61.0 Å². The molecule has 18 N–H and O–H groups in total. The Balaban J connectivity index is 1.70. The Morgan fingerprint density at radius 3 is 1.24 bits per heavy atom. The summed E-state index contributed by atoms with van der Waals surface area (Å²) in [5.41, 5.74) is 23.2. The van der Waals surface area contributed by atoms with E-state index < -0.39 is 108 Å². The topological polar surface area (TPSA) is 454 Å². The number of hydrogen-bond donors (Lipinski definition) is 14. The number of nitrogens with zero attached hydrogens (tertiary/aromatic N) is 2. The first-order valence-corrected chi connectivity index (χ1v) is 27.5. The monoisotopic (exact) mass is 1180 g/mol. The number of carbonyl (C=O) groups excluding carboxylic acids is 12. The number of hydrogen-bond acceptors (Lipinski definition) is 17. The average molecular weight is 1180 g/mol. The third-order valence-corrected chi connectivity index (χ3v) is 12.6. The predicted molar refractivity (Wildman–Crippen MR) is 307 cm³/mol. The van der Waals surface area contributed by atoms with Crippen LogP contribution in [0.4, 0.5) is 30.6 Å². The summed E-state index contributed by atoms with van der Waals surface area (Å²) in [5, 5.41) is 26.2. The van der Waals surface area contributed by atoms with Crippen molar-refractivity contribution in [3.8, 4) is 0 Å². The molecule has 84 heavy (non-hydrogen) atoms. The number of carbonyl (C=O) groups is 12. The third-order valence-electron chi connectivity index (χ3n) is 12.6. The summed E-state index contributed by atoms with van der Waals surface area (Å²) >= 11 is 0. The summed E-state index contributed by atoms with van der Waals surface area (Å²) < 4.78 is 10.3. The maximum atomic E-state index is 13.9. The number of nitrogens with one attached hydrogen (secondary N) is 10. The van der Waals surface area contributed by atoms with E-state index in [9.17, 15) is 57.5 Å². The third kappa shape index (κ3) is 26.8. The normalized spacial score (nSPS) is 13.2. The van der Waals surface area contributed by atoms with Crippen LogP contribution in [0.1, 0.15) is 77.3 Å². The highest BCUT2D eigenvalue weighted by Gasteiger charge is 2.32. The van der Waals surface area contributed by atoms with Crippen LogP contribution >= 0.6 is 0 Å². The Morgan fingerprint density at radius 2 is 0.893 bits per heavy atom. The molecule has 14 amide bonds. The van der Waals surface area contributed by atoms with Gasteiger partial charge in [0.1, 0.15) is 37.4 Å². The van der Waals surface area contributed by atoms with Crippen LogP contribution in [0, 0.1) is 11.8 Å². The van der Waals surface area contributed by atoms with Crippen molar-refractivity contribution in [2.45, 2.75) is 104 Å². The van der Waals surface area contributed by atoms with Gasteiger partial charge in [0.2, 0.25) is 35.4 Å². The first kappa shape index (κ1) is 69.4. The van der Waals surface area contributed by atoms with E-state index >= 15 is 0 Å². The number of amides is 14. The summed E-state index contributed by atoms with van der Waals surface area (Å²) in [5.74, 6) is -5.87. The molecule has 0 saturated heterocycles. The molecule has 4 atom stereocenters. The zero-order valence-electron chi connectivity index (χ0n) is 47.9. The van der Waals surface area contributed by atoms with Gasteiger partial charge < -0.3 is 90.5 Å². The van der Waals surface area contributed by atoms with Crippen LogP contribution in [0.25, 0.3) is 0 Å². The fourth-order valence-electron chi connectivity index (χ4n) is 7.98. The number of ether oxygens (including phenoxy) is 2. The minimum atomic E-state index is -1.15. The number of nitrogens with two attached hydrogens (primary N) is 4. The molecule has 2 aromatic rings. The highest BCUT2D eigenvalue weighted by molar-refractivity contribution is 6.13. The molecule has 0 fully saturated rings. The van der Waals surface area contributed by atoms with Crippen LogP contribution in [0.5, 0.6) is 0 Å². The van der Waals surface area contributed by atoms with Crippen LogP contribution in [-0.4, -0.2) is 171 Å². The molecule has 0 aromatic heterocycles. The van der Waals surface area contributed by atoms with E-state index in [1.54, 1.807) is 81.1 Å². The number of anilines is 2. The van der Waals surface area contributed by atoms with Gasteiger partial charge in [-0.25, -0.2) is 19.2 Å². The molecule has 462 valence electrons. The molecule has 0 aliphatic carbocycles. The van der Waals surface area contributed by atoms with Crippen molar-refractivity contribution in [3.05, 3.63) is 71.8 Å². The molecule has 0 unspecified atom stereocenters. The molecule has 0 saturated carbocycles. The van der Waals surface area contributed by atoms with Gasteiger partial charge >= 0.3 is 24.2 Å². The van der Waals surface area contributed by atoms with Crippen LogP contribution < -0.4 is 76.1 Å². The minimum Gasteiger partial charge on any atom is -0.445 e. The average Bonchev–Trinajstić information content (AvgIpc) is 3.91. The zero-order chi connectivity index (χ0) is 62.1. The van der Waals surface area contributed by atoms with E-state index in [0.717, 1.165) is 17.1 Å². The lowest BCUT2D eigenvalue weighted by Crippen LogP contribution is -2.55. The summed E-state index contributed by atoms with van der Waals surface area (Å²) in [7, 11) is 0. The van der Waals surface area contributed by atoms with Crippen molar-refractivity contribution in [1.82, 2.24) is 52.3 Å². The van der Waals surface area contributed by atoms with Gasteiger partial charge in [-0.05, 0) is 72.9 Å². The molecule has 2 aromatic carbocycles. The van der Waals surface area contributed by atoms with E-state index in [-0.39, 0.29) is 117 Å². The van der Waals surface area contributed by atoms with Crippen LogP contribution in [0.3, 0.4) is 0 Å². The molecule has 30 heteroatoms. The number of primary amides is 2. The predicted octanol–water partition coefficient (Wildman–Crippen LogP) is -1.21. The number of imide groups is 1. The van der Waals surface area contributed by atoms with Crippen molar-refractivity contribution in [2.24, 2.45) is 34.8 Å². The zero-order valence-corrected chi connectivity index (χ0v) is 47.9. The van der Waals surface area contributed by atoms with Crippen LogP contribution in [0.15, 0.2) is 60.7 Å². The van der Waals surface area contributed by atoms with Gasteiger partial charge in [-0.1, -0.05) is 52.0 Å². The van der Waals surface area contributed by atoms with E-state index in [1.165, 1.54) is 0 Å². The summed E-state index contributed by atoms with van der Waals surface area (Å²) in [6.07, 6.45) is 1.02. The number of alkyl carbamates (subject to hydrolysis) is 2. The van der Waals surface area contributed by atoms with Gasteiger partial charge in [0.05, 0.1) is 0 Å². The SMILES string of the molecule is CC(C)[C@H](NC(=O)CCN(CCC(=O)N[C@H](C(=O)N[C@@H](CCCNC(N)=O)C(=O)Nc1ccc(COC(=O)NCCN)cc1)C(C)C)CCN1C(=O)C=CC1=O)C(=O)N[C@@H](CCCNC(N)=O)C(=O)Nc1ccc(COC(=O)NCCN)cc1. The molecule has 1 heterocycles. The van der Waals surface area contributed by atoms with Crippen molar-refractivity contribution < 1.29 is 67.0 Å². The van der Waals surface area contributed by atoms with Crippen molar-refractivity contribution in [1.29, 1.82) is 0 Å². The first-order chi connectivity index (χ1) is 40.0. The van der Waals surface area contributed by atoms with E-state index in [2.05, 4.69) is 53.2 Å². The fourth-order valence-corrected chi connectivity index (χ4v) is 7.98. The van der Waals surface area contributed by atoms with Gasteiger partial charge in [0.25, 0.3) is 11.8 Å². The van der Waals surface area contributed by atoms with Gasteiger partial charge in [-0.15, -0.1) is 0 Å². The molecule has 30 nitrogen and oxygen atoms in total. The van der Waals surface area contributed by atoms with Gasteiger partial charge in [-0.2, -0.15) is 0 Å². The highest BCUT2D eigenvalue weighted by atomic mass is 16.6. The molecule has 1 aliphatic rings. The molecular formula is C54H82N16O14. The number of rotatable bonds is 37. The lowest BCUT2D eigenvalue weighted by Gasteiger charge is -2.27. The lowest BCUT2D eigenvalue weighted by molar-refractivity contribution is -0.137.